The molecule has 0 spiro atoms. The summed E-state index contributed by atoms with van der Waals surface area (Å²) in [6, 6.07) is 10.4. The molecule has 2 rings (SSSR count). The van der Waals surface area contributed by atoms with Gasteiger partial charge in [0.1, 0.15) is 5.82 Å². The van der Waals surface area contributed by atoms with Crippen LogP contribution in [0.5, 0.6) is 0 Å². The topological polar surface area (TPSA) is 41.5 Å². The van der Waals surface area contributed by atoms with Crippen molar-refractivity contribution >= 4 is 11.3 Å². The van der Waals surface area contributed by atoms with Gasteiger partial charge in [0.15, 0.2) is 0 Å². The Morgan fingerprint density at radius 3 is 2.71 bits per heavy atom. The lowest BCUT2D eigenvalue weighted by atomic mass is 10.1. The molecule has 21 heavy (non-hydrogen) atoms. The molecule has 2 aromatic rings. The lowest BCUT2D eigenvalue weighted by Crippen LogP contribution is -2.32. The third kappa shape index (κ3) is 5.55. The van der Waals surface area contributed by atoms with Crippen LogP contribution in [0.2, 0.25) is 0 Å². The SMILES string of the molecule is CC(NCC(O)COCc1cccs1)c1ccc(F)cc1. The summed E-state index contributed by atoms with van der Waals surface area (Å²) in [5.74, 6) is -0.243. The minimum Gasteiger partial charge on any atom is -0.389 e. The second-order valence-electron chi connectivity index (χ2n) is 4.93. The summed E-state index contributed by atoms with van der Waals surface area (Å²) in [5.41, 5.74) is 0.989. The van der Waals surface area contributed by atoms with Crippen molar-refractivity contribution in [2.75, 3.05) is 13.2 Å². The highest BCUT2D eigenvalue weighted by Gasteiger charge is 2.09. The Labute approximate surface area is 128 Å². The standard InChI is InChI=1S/C16H20FNO2S/c1-12(13-4-6-14(17)7-5-13)18-9-15(19)10-20-11-16-3-2-8-21-16/h2-8,12,15,18-19H,9-11H2,1H3. The first-order valence-corrected chi connectivity index (χ1v) is 7.80. The van der Waals surface area contributed by atoms with Gasteiger partial charge < -0.3 is 15.2 Å². The van der Waals surface area contributed by atoms with Crippen molar-refractivity contribution in [3.8, 4) is 0 Å². The van der Waals surface area contributed by atoms with Gasteiger partial charge in [-0.05, 0) is 36.1 Å². The minimum atomic E-state index is -0.562. The Morgan fingerprint density at radius 1 is 1.29 bits per heavy atom. The second-order valence-corrected chi connectivity index (χ2v) is 5.96. The van der Waals surface area contributed by atoms with E-state index in [9.17, 15) is 9.50 Å². The lowest BCUT2D eigenvalue weighted by Gasteiger charge is -2.17. The lowest BCUT2D eigenvalue weighted by molar-refractivity contribution is 0.0288. The Morgan fingerprint density at radius 2 is 2.05 bits per heavy atom. The summed E-state index contributed by atoms with van der Waals surface area (Å²) in [6.07, 6.45) is -0.562. The van der Waals surface area contributed by atoms with Gasteiger partial charge in [0.25, 0.3) is 0 Å². The van der Waals surface area contributed by atoms with Gasteiger partial charge in [-0.3, -0.25) is 0 Å². The maximum Gasteiger partial charge on any atom is 0.123 e. The summed E-state index contributed by atoms with van der Waals surface area (Å²) >= 11 is 1.64. The van der Waals surface area contributed by atoms with Crippen LogP contribution in [0.25, 0.3) is 0 Å². The Kier molecular flexibility index (Phi) is 6.32. The van der Waals surface area contributed by atoms with E-state index in [-0.39, 0.29) is 11.9 Å². The van der Waals surface area contributed by atoms with Gasteiger partial charge in [-0.2, -0.15) is 0 Å². The molecule has 0 aliphatic heterocycles. The van der Waals surface area contributed by atoms with Gasteiger partial charge in [0.05, 0.1) is 19.3 Å². The van der Waals surface area contributed by atoms with Crippen LogP contribution in [0.15, 0.2) is 41.8 Å². The van der Waals surface area contributed by atoms with Crippen LogP contribution in [-0.4, -0.2) is 24.4 Å². The molecule has 0 aliphatic rings. The molecule has 0 radical (unpaired) electrons. The van der Waals surface area contributed by atoms with Crippen LogP contribution in [0, 0.1) is 5.82 Å². The van der Waals surface area contributed by atoms with Gasteiger partial charge in [0.2, 0.25) is 0 Å². The van der Waals surface area contributed by atoms with E-state index in [0.29, 0.717) is 19.8 Å². The Bertz CT molecular complexity index is 516. The van der Waals surface area contributed by atoms with E-state index in [2.05, 4.69) is 5.32 Å². The highest BCUT2D eigenvalue weighted by Crippen LogP contribution is 2.13. The van der Waals surface area contributed by atoms with Crippen LogP contribution in [-0.2, 0) is 11.3 Å². The minimum absolute atomic E-state index is 0.0533. The number of nitrogens with one attached hydrogen (secondary N) is 1. The molecule has 1 heterocycles. The molecule has 1 aromatic heterocycles. The van der Waals surface area contributed by atoms with Crippen LogP contribution in [0.4, 0.5) is 4.39 Å². The summed E-state index contributed by atoms with van der Waals surface area (Å²) < 4.78 is 18.3. The van der Waals surface area contributed by atoms with E-state index in [1.807, 2.05) is 24.4 Å². The number of halogens is 1. The normalized spacial score (nSPS) is 14.0. The number of hydrogen-bond donors (Lipinski definition) is 2. The molecular weight excluding hydrogens is 289 g/mol. The average Bonchev–Trinajstić information content (AvgIpc) is 2.99. The fraction of sp³-hybridized carbons (Fsp3) is 0.375. The first-order chi connectivity index (χ1) is 10.1. The molecule has 3 nitrogen and oxygen atoms in total. The van der Waals surface area contributed by atoms with Crippen LogP contribution in [0.1, 0.15) is 23.4 Å². The van der Waals surface area contributed by atoms with Gasteiger partial charge in [-0.1, -0.05) is 18.2 Å². The number of aliphatic hydroxyl groups is 1. The van der Waals surface area contributed by atoms with E-state index in [0.717, 1.165) is 10.4 Å². The van der Waals surface area contributed by atoms with Gasteiger partial charge in [-0.15, -0.1) is 11.3 Å². The Balaban J connectivity index is 1.66. The number of benzene rings is 1. The first kappa shape index (κ1) is 16.1. The van der Waals surface area contributed by atoms with E-state index < -0.39 is 6.10 Å². The molecule has 2 N–H and O–H groups in total. The number of ether oxygens (including phenoxy) is 1. The van der Waals surface area contributed by atoms with E-state index in [4.69, 9.17) is 4.74 Å². The molecule has 0 saturated heterocycles. The zero-order valence-electron chi connectivity index (χ0n) is 12.0. The predicted molar refractivity (Wildman–Crippen MR) is 82.8 cm³/mol. The summed E-state index contributed by atoms with van der Waals surface area (Å²) in [4.78, 5) is 1.15. The highest BCUT2D eigenvalue weighted by molar-refractivity contribution is 7.09. The van der Waals surface area contributed by atoms with E-state index >= 15 is 0 Å². The van der Waals surface area contributed by atoms with Crippen LogP contribution < -0.4 is 5.32 Å². The number of rotatable bonds is 8. The highest BCUT2D eigenvalue weighted by atomic mass is 32.1. The van der Waals surface area contributed by atoms with Crippen LogP contribution >= 0.6 is 11.3 Å². The van der Waals surface area contributed by atoms with E-state index in [1.54, 1.807) is 23.5 Å². The van der Waals surface area contributed by atoms with Gasteiger partial charge in [0, 0.05) is 17.5 Å². The van der Waals surface area contributed by atoms with Crippen molar-refractivity contribution < 1.29 is 14.2 Å². The third-order valence-corrected chi connectivity index (χ3v) is 4.01. The molecular formula is C16H20FNO2S. The molecule has 0 fully saturated rings. The third-order valence-electron chi connectivity index (χ3n) is 3.16. The summed E-state index contributed by atoms with van der Waals surface area (Å²) in [7, 11) is 0. The van der Waals surface area contributed by atoms with Crippen LogP contribution in [0.3, 0.4) is 0 Å². The Hall–Kier alpha value is -1.27. The van der Waals surface area contributed by atoms with Crippen molar-refractivity contribution in [3.63, 3.8) is 0 Å². The molecule has 2 unspecified atom stereocenters. The molecule has 0 saturated carbocycles. The van der Waals surface area contributed by atoms with Crippen molar-refractivity contribution in [3.05, 3.63) is 58.0 Å². The maximum atomic E-state index is 12.8. The van der Waals surface area contributed by atoms with Crippen molar-refractivity contribution in [2.24, 2.45) is 0 Å². The zero-order chi connectivity index (χ0) is 15.1. The molecule has 0 aliphatic carbocycles. The van der Waals surface area contributed by atoms with Crippen molar-refractivity contribution in [1.29, 1.82) is 0 Å². The molecule has 0 bridgehead atoms. The predicted octanol–water partition coefficient (Wildman–Crippen LogP) is 3.12. The zero-order valence-corrected chi connectivity index (χ0v) is 12.8. The molecule has 1 aromatic carbocycles. The summed E-state index contributed by atoms with van der Waals surface area (Å²) in [6.45, 7) is 3.23. The quantitative estimate of drug-likeness (QED) is 0.787. The largest absolute Gasteiger partial charge is 0.389 e. The van der Waals surface area contributed by atoms with Gasteiger partial charge in [-0.25, -0.2) is 4.39 Å². The smallest absolute Gasteiger partial charge is 0.123 e. The fourth-order valence-corrected chi connectivity index (χ4v) is 2.57. The van der Waals surface area contributed by atoms with Crippen molar-refractivity contribution in [2.45, 2.75) is 25.7 Å². The van der Waals surface area contributed by atoms with E-state index in [1.165, 1.54) is 12.1 Å². The first-order valence-electron chi connectivity index (χ1n) is 6.92. The number of aliphatic hydroxyl groups excluding tert-OH is 1. The average molecular weight is 309 g/mol. The number of hydrogen-bond acceptors (Lipinski definition) is 4. The monoisotopic (exact) mass is 309 g/mol. The molecule has 0 amide bonds. The molecule has 114 valence electrons. The summed E-state index contributed by atoms with van der Waals surface area (Å²) in [5, 5.41) is 15.1. The molecule has 5 heteroatoms. The molecule has 2 atom stereocenters. The fourth-order valence-electron chi connectivity index (χ4n) is 1.93. The van der Waals surface area contributed by atoms with Gasteiger partial charge >= 0.3 is 0 Å². The maximum absolute atomic E-state index is 12.8. The number of thiophene rings is 1. The second kappa shape index (κ2) is 8.24. The van der Waals surface area contributed by atoms with Crippen molar-refractivity contribution in [1.82, 2.24) is 5.32 Å².